The van der Waals surface area contributed by atoms with Gasteiger partial charge in [0.25, 0.3) is 0 Å². The summed E-state index contributed by atoms with van der Waals surface area (Å²) < 4.78 is 27.8. The number of hydrogen-bond acceptors (Lipinski definition) is 2. The lowest BCUT2D eigenvalue weighted by Crippen LogP contribution is -2.12. The molecule has 130 valence electrons. The molecule has 2 nitrogen and oxygen atoms in total. The predicted octanol–water partition coefficient (Wildman–Crippen LogP) is 5.52. The molecule has 0 spiro atoms. The molecule has 0 amide bonds. The smallest absolute Gasteiger partial charge is 0.159 e. The van der Waals surface area contributed by atoms with Crippen LogP contribution >= 0.6 is 0 Å². The maximum absolute atomic E-state index is 14.5. The van der Waals surface area contributed by atoms with Gasteiger partial charge in [-0.2, -0.15) is 5.26 Å². The van der Waals surface area contributed by atoms with Gasteiger partial charge in [0.05, 0.1) is 11.6 Å². The Morgan fingerprint density at radius 3 is 2.65 bits per heavy atom. The van der Waals surface area contributed by atoms with E-state index < -0.39 is 11.6 Å². The molecule has 0 saturated heterocycles. The van der Waals surface area contributed by atoms with Gasteiger partial charge in [-0.1, -0.05) is 12.8 Å². The molecule has 0 aromatic heterocycles. The van der Waals surface area contributed by atoms with E-state index in [4.69, 9.17) is 0 Å². The number of benzene rings is 2. The average molecular weight is 349 g/mol. The van der Waals surface area contributed by atoms with E-state index in [0.29, 0.717) is 17.5 Å². The fourth-order valence-electron chi connectivity index (χ4n) is 4.13. The van der Waals surface area contributed by atoms with Crippen LogP contribution in [0.4, 0.5) is 8.78 Å². The van der Waals surface area contributed by atoms with Crippen LogP contribution in [0.3, 0.4) is 0 Å². The van der Waals surface area contributed by atoms with E-state index in [0.717, 1.165) is 48.4 Å². The number of allylic oxidation sites excluding steroid dienone is 1. The second-order valence-electron chi connectivity index (χ2n) is 6.94. The van der Waals surface area contributed by atoms with Crippen molar-refractivity contribution in [2.45, 2.75) is 38.0 Å². The molecule has 0 N–H and O–H groups in total. The van der Waals surface area contributed by atoms with Crippen LogP contribution in [0.1, 0.15) is 54.7 Å². The summed E-state index contributed by atoms with van der Waals surface area (Å²) in [6.07, 6.45) is 6.11. The Morgan fingerprint density at radius 2 is 1.88 bits per heavy atom. The summed E-state index contributed by atoms with van der Waals surface area (Å²) in [4.78, 5) is 12.6. The molecule has 2 aliphatic rings. The molecule has 2 aromatic rings. The van der Waals surface area contributed by atoms with Crippen LogP contribution in [0, 0.1) is 23.0 Å². The summed E-state index contributed by atoms with van der Waals surface area (Å²) in [5.41, 5.74) is 3.71. The molecule has 4 heteroatoms. The van der Waals surface area contributed by atoms with Crippen molar-refractivity contribution < 1.29 is 13.6 Å². The van der Waals surface area contributed by atoms with Crippen LogP contribution in [0.5, 0.6) is 0 Å². The Morgan fingerprint density at radius 1 is 1.04 bits per heavy atom. The second kappa shape index (κ2) is 6.49. The number of halogens is 2. The Kier molecular flexibility index (Phi) is 4.16. The van der Waals surface area contributed by atoms with Crippen molar-refractivity contribution in [1.82, 2.24) is 0 Å². The average Bonchev–Trinajstić information content (AvgIpc) is 2.97. The van der Waals surface area contributed by atoms with Crippen LogP contribution in [0.2, 0.25) is 0 Å². The highest BCUT2D eigenvalue weighted by molar-refractivity contribution is 6.04. The Bertz CT molecular complexity index is 984. The standard InChI is InChI=1S/C22H17F2NO/c23-15-6-7-16(20(24)11-15)19-9-13(12-25)8-14-10-18-17(22(14)19)4-2-1-3-5-21(18)26/h6-11,17H,1-5H2. The van der Waals surface area contributed by atoms with Gasteiger partial charge in [-0.3, -0.25) is 4.79 Å². The van der Waals surface area contributed by atoms with E-state index >= 15 is 0 Å². The van der Waals surface area contributed by atoms with Crippen molar-refractivity contribution in [3.8, 4) is 17.2 Å². The van der Waals surface area contributed by atoms with E-state index in [1.807, 2.05) is 6.08 Å². The van der Waals surface area contributed by atoms with Crippen LogP contribution in [0.15, 0.2) is 35.9 Å². The Labute approximate surface area is 150 Å². The van der Waals surface area contributed by atoms with E-state index in [-0.39, 0.29) is 17.3 Å². The summed E-state index contributed by atoms with van der Waals surface area (Å²) in [5, 5.41) is 9.36. The molecule has 1 atom stereocenters. The molecule has 4 rings (SSSR count). The number of rotatable bonds is 1. The van der Waals surface area contributed by atoms with Crippen molar-refractivity contribution in [2.75, 3.05) is 0 Å². The molecule has 0 bridgehead atoms. The number of carbonyl (C=O) groups excluding carboxylic acids is 1. The number of carbonyl (C=O) groups is 1. The largest absolute Gasteiger partial charge is 0.295 e. The zero-order valence-corrected chi connectivity index (χ0v) is 14.2. The number of nitriles is 1. The fourth-order valence-corrected chi connectivity index (χ4v) is 4.13. The van der Waals surface area contributed by atoms with Gasteiger partial charge in [-0.25, -0.2) is 8.78 Å². The lowest BCUT2D eigenvalue weighted by atomic mass is 9.81. The quantitative estimate of drug-likeness (QED) is 0.680. The fraction of sp³-hybridized carbons (Fsp3) is 0.273. The third kappa shape index (κ3) is 2.74. The summed E-state index contributed by atoms with van der Waals surface area (Å²) in [6, 6.07) is 8.99. The Balaban J connectivity index is 1.93. The monoisotopic (exact) mass is 349 g/mol. The first-order chi connectivity index (χ1) is 12.6. The van der Waals surface area contributed by atoms with Gasteiger partial charge in [0.1, 0.15) is 11.6 Å². The molecular formula is C22H17F2NO. The molecule has 2 aromatic carbocycles. The minimum Gasteiger partial charge on any atom is -0.295 e. The van der Waals surface area contributed by atoms with E-state index in [1.165, 1.54) is 12.1 Å². The molecular weight excluding hydrogens is 332 g/mol. The lowest BCUT2D eigenvalue weighted by molar-refractivity contribution is -0.116. The first-order valence-electron chi connectivity index (χ1n) is 8.86. The normalized spacial score (nSPS) is 19.0. The maximum atomic E-state index is 14.5. The molecule has 0 aliphatic heterocycles. The zero-order chi connectivity index (χ0) is 18.3. The van der Waals surface area contributed by atoms with Crippen molar-refractivity contribution in [2.24, 2.45) is 0 Å². The van der Waals surface area contributed by atoms with Crippen molar-refractivity contribution >= 4 is 11.9 Å². The molecule has 0 radical (unpaired) electrons. The van der Waals surface area contributed by atoms with Crippen LogP contribution in [-0.4, -0.2) is 5.78 Å². The summed E-state index contributed by atoms with van der Waals surface area (Å²) in [6.45, 7) is 0. The second-order valence-corrected chi connectivity index (χ2v) is 6.94. The van der Waals surface area contributed by atoms with Crippen molar-refractivity contribution in [3.05, 3.63) is 64.2 Å². The highest BCUT2D eigenvalue weighted by Gasteiger charge is 2.33. The van der Waals surface area contributed by atoms with Gasteiger partial charge in [0.15, 0.2) is 5.78 Å². The molecule has 1 saturated carbocycles. The minimum absolute atomic E-state index is 0.0787. The minimum atomic E-state index is -0.659. The van der Waals surface area contributed by atoms with Gasteiger partial charge in [0, 0.05) is 29.5 Å². The number of fused-ring (bicyclic) bond motifs is 3. The molecule has 1 unspecified atom stereocenters. The van der Waals surface area contributed by atoms with Crippen LogP contribution < -0.4 is 0 Å². The zero-order valence-electron chi connectivity index (χ0n) is 14.2. The van der Waals surface area contributed by atoms with E-state index in [9.17, 15) is 18.8 Å². The highest BCUT2D eigenvalue weighted by Crippen LogP contribution is 2.47. The molecule has 26 heavy (non-hydrogen) atoms. The van der Waals surface area contributed by atoms with E-state index in [2.05, 4.69) is 6.07 Å². The molecule has 0 heterocycles. The van der Waals surface area contributed by atoms with Gasteiger partial charge >= 0.3 is 0 Å². The molecule has 1 fully saturated rings. The first kappa shape index (κ1) is 16.7. The number of nitrogens with zero attached hydrogens (tertiary/aromatic N) is 1. The summed E-state index contributed by atoms with van der Waals surface area (Å²) in [7, 11) is 0. The number of hydrogen-bond donors (Lipinski definition) is 0. The number of ketones is 1. The number of Topliss-reactive ketones (excluding diaryl/α,β-unsaturated/α-hetero) is 1. The van der Waals surface area contributed by atoms with Gasteiger partial charge in [-0.05, 0) is 59.9 Å². The summed E-state index contributed by atoms with van der Waals surface area (Å²) in [5.74, 6) is -1.24. The SMILES string of the molecule is N#Cc1cc2c(c(-c3ccc(F)cc3F)c1)C1CCCCCC(=O)C1=C2. The van der Waals surface area contributed by atoms with Gasteiger partial charge in [0.2, 0.25) is 0 Å². The predicted molar refractivity (Wildman–Crippen MR) is 95.3 cm³/mol. The summed E-state index contributed by atoms with van der Waals surface area (Å²) >= 11 is 0. The third-order valence-electron chi connectivity index (χ3n) is 5.32. The lowest BCUT2D eigenvalue weighted by Gasteiger charge is -2.22. The van der Waals surface area contributed by atoms with Crippen LogP contribution in [-0.2, 0) is 4.79 Å². The first-order valence-corrected chi connectivity index (χ1v) is 8.86. The Hall–Kier alpha value is -2.80. The maximum Gasteiger partial charge on any atom is 0.159 e. The van der Waals surface area contributed by atoms with Crippen molar-refractivity contribution in [3.63, 3.8) is 0 Å². The van der Waals surface area contributed by atoms with Crippen LogP contribution in [0.25, 0.3) is 17.2 Å². The van der Waals surface area contributed by atoms with Gasteiger partial charge in [-0.15, -0.1) is 0 Å². The van der Waals surface area contributed by atoms with Gasteiger partial charge < -0.3 is 0 Å². The van der Waals surface area contributed by atoms with Crippen molar-refractivity contribution in [1.29, 1.82) is 5.26 Å². The highest BCUT2D eigenvalue weighted by atomic mass is 19.1. The molecule has 2 aliphatic carbocycles. The topological polar surface area (TPSA) is 40.9 Å². The third-order valence-corrected chi connectivity index (χ3v) is 5.32. The van der Waals surface area contributed by atoms with E-state index in [1.54, 1.807) is 12.1 Å².